The Hall–Kier alpha value is -1.25. The number of hydrogen-bond acceptors (Lipinski definition) is 2. The minimum Gasteiger partial charge on any atom is -0.494 e. The van der Waals surface area contributed by atoms with E-state index in [9.17, 15) is 9.90 Å². The molecule has 0 aliphatic heterocycles. The molecule has 0 saturated carbocycles. The second kappa shape index (κ2) is 5.01. The quantitative estimate of drug-likeness (QED) is 0.826. The number of hydrogen-bond donors (Lipinski definition) is 1. The fourth-order valence-electron chi connectivity index (χ4n) is 1.76. The molecule has 1 aromatic rings. The summed E-state index contributed by atoms with van der Waals surface area (Å²) in [5.74, 6) is 0.0697. The molecule has 0 aliphatic carbocycles. The third-order valence-corrected chi connectivity index (χ3v) is 2.70. The van der Waals surface area contributed by atoms with Gasteiger partial charge in [-0.15, -0.1) is 0 Å². The molecule has 1 rings (SSSR count). The van der Waals surface area contributed by atoms with Gasteiger partial charge in [-0.25, -0.2) is 0 Å². The molecule has 0 aliphatic rings. The molecule has 0 radical (unpaired) electrons. The van der Waals surface area contributed by atoms with E-state index in [4.69, 9.17) is 0 Å². The van der Waals surface area contributed by atoms with Crippen molar-refractivity contribution in [2.45, 2.75) is 46.6 Å². The molecule has 0 bridgehead atoms. The van der Waals surface area contributed by atoms with Crippen molar-refractivity contribution in [3.8, 4) is 5.88 Å². The van der Waals surface area contributed by atoms with Gasteiger partial charge in [-0.05, 0) is 32.3 Å². The van der Waals surface area contributed by atoms with E-state index in [1.807, 2.05) is 13.8 Å². The van der Waals surface area contributed by atoms with E-state index in [-0.39, 0.29) is 11.4 Å². The molecule has 0 spiro atoms. The van der Waals surface area contributed by atoms with E-state index >= 15 is 0 Å². The number of pyridine rings is 1. The van der Waals surface area contributed by atoms with Gasteiger partial charge in [0.15, 0.2) is 5.88 Å². The molecule has 0 unspecified atom stereocenters. The van der Waals surface area contributed by atoms with Crippen LogP contribution in [0.4, 0.5) is 0 Å². The summed E-state index contributed by atoms with van der Waals surface area (Å²) in [5, 5.41) is 9.59. The normalized spacial score (nSPS) is 10.6. The van der Waals surface area contributed by atoms with Gasteiger partial charge < -0.3 is 5.11 Å². The molecule has 15 heavy (non-hydrogen) atoms. The maximum Gasteiger partial charge on any atom is 0.256 e. The van der Waals surface area contributed by atoms with Crippen molar-refractivity contribution >= 4 is 0 Å². The first-order chi connectivity index (χ1) is 7.11. The van der Waals surface area contributed by atoms with Gasteiger partial charge in [-0.2, -0.15) is 0 Å². The van der Waals surface area contributed by atoms with E-state index in [2.05, 4.69) is 6.92 Å². The average molecular weight is 209 g/mol. The predicted molar refractivity (Wildman–Crippen MR) is 61.4 cm³/mol. The molecule has 0 aromatic carbocycles. The third-order valence-electron chi connectivity index (χ3n) is 2.70. The Morgan fingerprint density at radius 1 is 1.40 bits per heavy atom. The summed E-state index contributed by atoms with van der Waals surface area (Å²) in [6.45, 7) is 6.37. The second-order valence-corrected chi connectivity index (χ2v) is 3.82. The Labute approximate surface area is 90.4 Å². The Morgan fingerprint density at radius 3 is 2.60 bits per heavy atom. The Balaban J connectivity index is 3.20. The SMILES string of the molecule is CCCCc1c(C)cc(O)n(CC)c1=O. The van der Waals surface area contributed by atoms with Gasteiger partial charge in [0.1, 0.15) is 0 Å². The minimum absolute atomic E-state index is 0.0385. The summed E-state index contributed by atoms with van der Waals surface area (Å²) < 4.78 is 1.41. The molecular formula is C12H19NO2. The zero-order valence-electron chi connectivity index (χ0n) is 9.71. The smallest absolute Gasteiger partial charge is 0.256 e. The predicted octanol–water partition coefficient (Wildman–Crippen LogP) is 2.22. The lowest BCUT2D eigenvalue weighted by atomic mass is 10.1. The van der Waals surface area contributed by atoms with E-state index in [0.29, 0.717) is 6.54 Å². The number of rotatable bonds is 4. The summed E-state index contributed by atoms with van der Waals surface area (Å²) in [4.78, 5) is 12.0. The number of unbranched alkanes of at least 4 members (excludes halogenated alkanes) is 1. The van der Waals surface area contributed by atoms with Crippen molar-refractivity contribution in [3.05, 3.63) is 27.5 Å². The van der Waals surface area contributed by atoms with Gasteiger partial charge in [0.2, 0.25) is 0 Å². The minimum atomic E-state index is -0.0385. The van der Waals surface area contributed by atoms with Gasteiger partial charge in [0.25, 0.3) is 5.56 Å². The van der Waals surface area contributed by atoms with Crippen molar-refractivity contribution in [1.82, 2.24) is 4.57 Å². The van der Waals surface area contributed by atoms with Crippen molar-refractivity contribution in [2.75, 3.05) is 0 Å². The van der Waals surface area contributed by atoms with Crippen LogP contribution in [-0.4, -0.2) is 9.67 Å². The Bertz CT molecular complexity index is 393. The molecule has 0 saturated heterocycles. The molecule has 3 heteroatoms. The van der Waals surface area contributed by atoms with Crippen molar-refractivity contribution in [3.63, 3.8) is 0 Å². The highest BCUT2D eigenvalue weighted by atomic mass is 16.3. The van der Waals surface area contributed by atoms with E-state index in [1.54, 1.807) is 6.07 Å². The Morgan fingerprint density at radius 2 is 2.07 bits per heavy atom. The topological polar surface area (TPSA) is 42.2 Å². The lowest BCUT2D eigenvalue weighted by Crippen LogP contribution is -2.24. The van der Waals surface area contributed by atoms with Gasteiger partial charge in [-0.1, -0.05) is 13.3 Å². The fraction of sp³-hybridized carbons (Fsp3) is 0.583. The highest BCUT2D eigenvalue weighted by Crippen LogP contribution is 2.13. The van der Waals surface area contributed by atoms with Crippen molar-refractivity contribution < 1.29 is 5.11 Å². The summed E-state index contributed by atoms with van der Waals surface area (Å²) >= 11 is 0. The van der Waals surface area contributed by atoms with Crippen LogP contribution >= 0.6 is 0 Å². The molecule has 0 amide bonds. The van der Waals surface area contributed by atoms with E-state index in [0.717, 1.165) is 30.4 Å². The molecule has 0 fully saturated rings. The number of aromatic nitrogens is 1. The molecule has 84 valence electrons. The molecule has 1 N–H and O–H groups in total. The van der Waals surface area contributed by atoms with Gasteiger partial charge >= 0.3 is 0 Å². The highest BCUT2D eigenvalue weighted by molar-refractivity contribution is 5.29. The van der Waals surface area contributed by atoms with E-state index in [1.165, 1.54) is 4.57 Å². The first-order valence-electron chi connectivity index (χ1n) is 5.54. The number of nitrogens with zero attached hydrogens (tertiary/aromatic N) is 1. The summed E-state index contributed by atoms with van der Waals surface area (Å²) in [6.07, 6.45) is 2.90. The zero-order valence-corrected chi connectivity index (χ0v) is 9.71. The maximum absolute atomic E-state index is 12.0. The monoisotopic (exact) mass is 209 g/mol. The van der Waals surface area contributed by atoms with Crippen LogP contribution in [0.5, 0.6) is 5.88 Å². The third kappa shape index (κ3) is 2.41. The van der Waals surface area contributed by atoms with Gasteiger partial charge in [-0.3, -0.25) is 9.36 Å². The first-order valence-corrected chi connectivity index (χ1v) is 5.54. The number of aryl methyl sites for hydroxylation is 1. The van der Waals surface area contributed by atoms with E-state index < -0.39 is 0 Å². The van der Waals surface area contributed by atoms with Crippen molar-refractivity contribution in [1.29, 1.82) is 0 Å². The molecular weight excluding hydrogens is 190 g/mol. The largest absolute Gasteiger partial charge is 0.494 e. The van der Waals surface area contributed by atoms with Crippen LogP contribution in [-0.2, 0) is 13.0 Å². The maximum atomic E-state index is 12.0. The molecule has 1 heterocycles. The van der Waals surface area contributed by atoms with Crippen LogP contribution in [0, 0.1) is 6.92 Å². The molecule has 1 aromatic heterocycles. The van der Waals surface area contributed by atoms with Crippen LogP contribution in [0.1, 0.15) is 37.8 Å². The average Bonchev–Trinajstić information content (AvgIpc) is 2.17. The summed E-state index contributed by atoms with van der Waals surface area (Å²) in [7, 11) is 0. The van der Waals surface area contributed by atoms with Crippen LogP contribution in [0.25, 0.3) is 0 Å². The molecule has 3 nitrogen and oxygen atoms in total. The van der Waals surface area contributed by atoms with Crippen LogP contribution in [0.15, 0.2) is 10.9 Å². The summed E-state index contributed by atoms with van der Waals surface area (Å²) in [6, 6.07) is 1.68. The molecule has 0 atom stereocenters. The van der Waals surface area contributed by atoms with Gasteiger partial charge in [0, 0.05) is 18.2 Å². The standard InChI is InChI=1S/C12H19NO2/c1-4-6-7-10-9(3)8-11(14)13(5-2)12(10)15/h8,14H,4-7H2,1-3H3. The zero-order chi connectivity index (χ0) is 11.4. The lowest BCUT2D eigenvalue weighted by Gasteiger charge is -2.11. The van der Waals surface area contributed by atoms with Crippen LogP contribution < -0.4 is 5.56 Å². The van der Waals surface area contributed by atoms with Crippen molar-refractivity contribution in [2.24, 2.45) is 0 Å². The highest BCUT2D eigenvalue weighted by Gasteiger charge is 2.09. The van der Waals surface area contributed by atoms with Crippen LogP contribution in [0.3, 0.4) is 0 Å². The number of aromatic hydroxyl groups is 1. The summed E-state index contributed by atoms with van der Waals surface area (Å²) in [5.41, 5.74) is 1.70. The second-order valence-electron chi connectivity index (χ2n) is 3.82. The van der Waals surface area contributed by atoms with Crippen LogP contribution in [0.2, 0.25) is 0 Å². The fourth-order valence-corrected chi connectivity index (χ4v) is 1.76. The lowest BCUT2D eigenvalue weighted by molar-refractivity contribution is 0.409. The Kier molecular flexibility index (Phi) is 3.95. The first kappa shape index (κ1) is 11.8. The van der Waals surface area contributed by atoms with Gasteiger partial charge in [0.05, 0.1) is 0 Å².